The number of benzene rings is 2. The average molecular weight is 493 g/mol. The van der Waals surface area contributed by atoms with Gasteiger partial charge in [0.25, 0.3) is 11.7 Å². The molecule has 0 radical (unpaired) electrons. The lowest BCUT2D eigenvalue weighted by atomic mass is 10.0. The van der Waals surface area contributed by atoms with Crippen LogP contribution in [0.4, 0.5) is 13.2 Å². The minimum Gasteiger partial charge on any atom is -0.494 e. The maximum Gasteiger partial charge on any atom is 0.432 e. The molecule has 0 unspecified atom stereocenters. The molecule has 0 spiro atoms. The minimum absolute atomic E-state index is 0.0267. The first-order chi connectivity index (χ1) is 16.2. The van der Waals surface area contributed by atoms with E-state index in [1.807, 2.05) is 0 Å². The van der Waals surface area contributed by atoms with Crippen molar-refractivity contribution in [3.8, 4) is 5.75 Å². The highest BCUT2D eigenvalue weighted by Gasteiger charge is 2.43. The van der Waals surface area contributed by atoms with Crippen LogP contribution in [0.15, 0.2) is 42.5 Å². The highest BCUT2D eigenvalue weighted by molar-refractivity contribution is 6.45. The highest BCUT2D eigenvalue weighted by Crippen LogP contribution is 2.40. The fourth-order valence-corrected chi connectivity index (χ4v) is 4.61. The van der Waals surface area contributed by atoms with E-state index in [-0.39, 0.29) is 23.5 Å². The summed E-state index contributed by atoms with van der Waals surface area (Å²) in [7, 11) is 0. The first kappa shape index (κ1) is 24.1. The smallest absolute Gasteiger partial charge is 0.432 e. The maximum atomic E-state index is 14.4. The highest BCUT2D eigenvalue weighted by atomic mass is 35.5. The van der Waals surface area contributed by atoms with Crippen LogP contribution in [0.1, 0.15) is 54.2 Å². The number of alkyl halides is 3. The van der Waals surface area contributed by atoms with Crippen LogP contribution in [0, 0.1) is 0 Å². The third-order valence-electron chi connectivity index (χ3n) is 5.99. The van der Waals surface area contributed by atoms with Gasteiger partial charge in [-0.15, -0.1) is 0 Å². The summed E-state index contributed by atoms with van der Waals surface area (Å²) in [5.74, 6) is -1.91. The second kappa shape index (κ2) is 9.70. The summed E-state index contributed by atoms with van der Waals surface area (Å²) in [5, 5.41) is 3.10. The predicted molar refractivity (Wildman–Crippen MR) is 123 cm³/mol. The van der Waals surface area contributed by atoms with Gasteiger partial charge in [-0.1, -0.05) is 36.6 Å². The Morgan fingerprint density at radius 2 is 1.79 bits per heavy atom. The molecule has 0 saturated heterocycles. The number of fused-ring (bicyclic) bond motifs is 1. The van der Waals surface area contributed by atoms with E-state index in [1.54, 1.807) is 37.3 Å². The zero-order valence-electron chi connectivity index (χ0n) is 18.5. The van der Waals surface area contributed by atoms with E-state index in [2.05, 4.69) is 5.32 Å². The Morgan fingerprint density at radius 1 is 1.12 bits per heavy atom. The van der Waals surface area contributed by atoms with Crippen molar-refractivity contribution in [3.63, 3.8) is 0 Å². The Morgan fingerprint density at radius 3 is 2.41 bits per heavy atom. The Balaban J connectivity index is 1.88. The second-order valence-corrected chi connectivity index (χ2v) is 8.77. The van der Waals surface area contributed by atoms with Crippen LogP contribution in [-0.2, 0) is 17.5 Å². The molecule has 180 valence electrons. The summed E-state index contributed by atoms with van der Waals surface area (Å²) >= 11 is 5.92. The predicted octanol–water partition coefficient (Wildman–Crippen LogP) is 6.00. The van der Waals surface area contributed by atoms with Crippen LogP contribution in [0.5, 0.6) is 5.75 Å². The normalized spacial score (nSPS) is 14.5. The molecular formula is C25H24ClF3N2O3. The first-order valence-electron chi connectivity index (χ1n) is 11.1. The molecule has 4 rings (SSSR count). The zero-order chi connectivity index (χ0) is 24.5. The second-order valence-electron chi connectivity index (χ2n) is 8.33. The van der Waals surface area contributed by atoms with Gasteiger partial charge in [0, 0.05) is 28.5 Å². The van der Waals surface area contributed by atoms with Gasteiger partial charge in [-0.05, 0) is 55.7 Å². The van der Waals surface area contributed by atoms with Gasteiger partial charge in [-0.25, -0.2) is 0 Å². The third-order valence-corrected chi connectivity index (χ3v) is 6.24. The number of Topliss-reactive ketones (excluding diaryl/α,β-unsaturated/α-hetero) is 1. The third kappa shape index (κ3) is 4.92. The molecule has 0 bridgehead atoms. The van der Waals surface area contributed by atoms with Crippen molar-refractivity contribution in [1.82, 2.24) is 9.88 Å². The van der Waals surface area contributed by atoms with E-state index in [0.717, 1.165) is 17.4 Å². The number of ether oxygens (including phenoxy) is 1. The van der Waals surface area contributed by atoms with Crippen molar-refractivity contribution >= 4 is 34.2 Å². The zero-order valence-corrected chi connectivity index (χ0v) is 19.3. The van der Waals surface area contributed by atoms with Crippen LogP contribution in [0.2, 0.25) is 5.02 Å². The Bertz CT molecular complexity index is 1210. The van der Waals surface area contributed by atoms with E-state index in [4.69, 9.17) is 16.3 Å². The molecule has 1 N–H and O–H groups in total. The number of halogens is 4. The minimum atomic E-state index is -4.88. The van der Waals surface area contributed by atoms with Crippen molar-refractivity contribution < 1.29 is 27.5 Å². The maximum absolute atomic E-state index is 14.4. The number of hydrogen-bond acceptors (Lipinski definition) is 3. The lowest BCUT2D eigenvalue weighted by Gasteiger charge is -2.15. The van der Waals surface area contributed by atoms with Gasteiger partial charge in [-0.3, -0.25) is 9.59 Å². The van der Waals surface area contributed by atoms with E-state index >= 15 is 0 Å². The number of nitrogens with one attached hydrogen (secondary N) is 1. The van der Waals surface area contributed by atoms with Gasteiger partial charge in [-0.2, -0.15) is 13.2 Å². The molecular weight excluding hydrogens is 469 g/mol. The Kier molecular flexibility index (Phi) is 6.89. The molecule has 1 aliphatic carbocycles. The number of hydrogen-bond donors (Lipinski definition) is 1. The van der Waals surface area contributed by atoms with E-state index in [9.17, 15) is 22.8 Å². The molecule has 1 amide bonds. The van der Waals surface area contributed by atoms with Crippen LogP contribution in [0.3, 0.4) is 0 Å². The summed E-state index contributed by atoms with van der Waals surface area (Å²) in [6.07, 6.45) is -1.65. The number of amides is 1. The molecule has 0 aliphatic heterocycles. The molecule has 3 aromatic rings. The molecule has 1 heterocycles. The Hall–Kier alpha value is -3.00. The van der Waals surface area contributed by atoms with Crippen molar-refractivity contribution in [2.75, 3.05) is 6.61 Å². The lowest BCUT2D eigenvalue weighted by molar-refractivity contribution is -0.143. The van der Waals surface area contributed by atoms with E-state index < -0.39 is 29.1 Å². The van der Waals surface area contributed by atoms with Crippen LogP contribution in [0.25, 0.3) is 10.9 Å². The number of aromatic nitrogens is 1. The quantitative estimate of drug-likeness (QED) is 0.325. The van der Waals surface area contributed by atoms with Gasteiger partial charge in [0.2, 0.25) is 0 Å². The van der Waals surface area contributed by atoms with Gasteiger partial charge in [0.15, 0.2) is 0 Å². The number of rotatable bonds is 7. The van der Waals surface area contributed by atoms with Crippen LogP contribution in [-0.4, -0.2) is 28.9 Å². The SMILES string of the molecule is CCOc1ccc2c(c1)c(C(=O)C(=O)NC1CCCC1)c(C(F)(F)F)n2Cc1ccc(Cl)cc1. The molecule has 1 saturated carbocycles. The number of ketones is 1. The fraction of sp³-hybridized carbons (Fsp3) is 0.360. The van der Waals surface area contributed by atoms with Crippen molar-refractivity contribution in [3.05, 3.63) is 64.3 Å². The van der Waals surface area contributed by atoms with Gasteiger partial charge < -0.3 is 14.6 Å². The fourth-order valence-electron chi connectivity index (χ4n) is 4.49. The van der Waals surface area contributed by atoms with Crippen LogP contribution >= 0.6 is 11.6 Å². The van der Waals surface area contributed by atoms with E-state index in [0.29, 0.717) is 35.8 Å². The molecule has 1 aromatic heterocycles. The van der Waals surface area contributed by atoms with Gasteiger partial charge in [0.1, 0.15) is 11.4 Å². The molecule has 5 nitrogen and oxygen atoms in total. The Labute approximate surface area is 199 Å². The monoisotopic (exact) mass is 492 g/mol. The standard InChI is InChI=1S/C25H24ClF3N2O3/c1-2-34-18-11-12-20-19(13-18)21(22(32)24(33)30-17-5-3-4-6-17)23(25(27,28)29)31(20)14-15-7-9-16(26)10-8-15/h7-13,17H,2-6,14H2,1H3,(H,30,33). The van der Waals surface area contributed by atoms with E-state index in [1.165, 1.54) is 12.1 Å². The number of nitrogens with zero attached hydrogens (tertiary/aromatic N) is 1. The summed E-state index contributed by atoms with van der Waals surface area (Å²) in [6, 6.07) is 10.6. The number of carbonyl (C=O) groups is 2. The topological polar surface area (TPSA) is 60.3 Å². The summed E-state index contributed by atoms with van der Waals surface area (Å²) < 4.78 is 49.8. The van der Waals surface area contributed by atoms with Crippen LogP contribution < -0.4 is 10.1 Å². The molecule has 34 heavy (non-hydrogen) atoms. The molecule has 1 aliphatic rings. The van der Waals surface area contributed by atoms with Gasteiger partial charge >= 0.3 is 6.18 Å². The van der Waals surface area contributed by atoms with Crippen molar-refractivity contribution in [1.29, 1.82) is 0 Å². The van der Waals surface area contributed by atoms with Crippen molar-refractivity contribution in [2.45, 2.75) is 51.4 Å². The summed E-state index contributed by atoms with van der Waals surface area (Å²) in [4.78, 5) is 26.0. The molecule has 2 aromatic carbocycles. The summed E-state index contributed by atoms with van der Waals surface area (Å²) in [6.45, 7) is 1.89. The number of carbonyl (C=O) groups excluding carboxylic acids is 2. The largest absolute Gasteiger partial charge is 0.494 e. The van der Waals surface area contributed by atoms with Crippen molar-refractivity contribution in [2.24, 2.45) is 0 Å². The van der Waals surface area contributed by atoms with Gasteiger partial charge in [0.05, 0.1) is 12.2 Å². The molecule has 0 atom stereocenters. The first-order valence-corrected chi connectivity index (χ1v) is 11.5. The lowest BCUT2D eigenvalue weighted by Crippen LogP contribution is -2.38. The summed E-state index contributed by atoms with van der Waals surface area (Å²) in [5.41, 5.74) is -1.07. The average Bonchev–Trinajstić information content (AvgIpc) is 3.40. The molecule has 1 fully saturated rings. The molecule has 9 heteroatoms.